The molecule has 96 valence electrons. The zero-order valence-electron chi connectivity index (χ0n) is 11.6. The van der Waals surface area contributed by atoms with Gasteiger partial charge in [-0.1, -0.05) is 13.8 Å². The van der Waals surface area contributed by atoms with Crippen molar-refractivity contribution in [1.29, 1.82) is 0 Å². The van der Waals surface area contributed by atoms with E-state index in [4.69, 9.17) is 4.74 Å². The molecular formula is C15H25NO. The molecule has 1 aliphatic rings. The predicted molar refractivity (Wildman–Crippen MR) is 71.4 cm³/mol. The number of aromatic nitrogens is 1. The van der Waals surface area contributed by atoms with E-state index in [-0.39, 0.29) is 5.60 Å². The Bertz CT molecular complexity index is 357. The second-order valence-corrected chi connectivity index (χ2v) is 5.37. The molecule has 1 aromatic heterocycles. The van der Waals surface area contributed by atoms with Crippen LogP contribution in [-0.2, 0) is 4.74 Å². The van der Waals surface area contributed by atoms with Gasteiger partial charge in [0.25, 0.3) is 0 Å². The highest BCUT2D eigenvalue weighted by atomic mass is 16.5. The topological polar surface area (TPSA) is 14.2 Å². The zero-order chi connectivity index (χ0) is 12.5. The summed E-state index contributed by atoms with van der Waals surface area (Å²) in [6.45, 7) is 9.83. The van der Waals surface area contributed by atoms with Gasteiger partial charge < -0.3 is 9.30 Å². The molecule has 1 aromatic rings. The van der Waals surface area contributed by atoms with Crippen LogP contribution in [0.5, 0.6) is 0 Å². The lowest BCUT2D eigenvalue weighted by molar-refractivity contribution is -0.0990. The molecule has 0 bridgehead atoms. The van der Waals surface area contributed by atoms with Crippen molar-refractivity contribution in [3.63, 3.8) is 0 Å². The molecule has 0 amide bonds. The summed E-state index contributed by atoms with van der Waals surface area (Å²) in [5, 5.41) is 0. The molecule has 0 saturated carbocycles. The van der Waals surface area contributed by atoms with Crippen molar-refractivity contribution in [3.8, 4) is 0 Å². The van der Waals surface area contributed by atoms with E-state index >= 15 is 0 Å². The van der Waals surface area contributed by atoms with E-state index in [0.717, 1.165) is 32.3 Å². The van der Waals surface area contributed by atoms with Crippen LogP contribution in [0, 0.1) is 13.8 Å². The van der Waals surface area contributed by atoms with Crippen LogP contribution in [0.4, 0.5) is 0 Å². The average Bonchev–Trinajstić information content (AvgIpc) is 2.69. The summed E-state index contributed by atoms with van der Waals surface area (Å²) in [6.07, 6.45) is 4.56. The number of ether oxygens (including phenoxy) is 1. The summed E-state index contributed by atoms with van der Waals surface area (Å²) in [5.74, 6) is 0. The van der Waals surface area contributed by atoms with Crippen LogP contribution in [0.2, 0.25) is 0 Å². The van der Waals surface area contributed by atoms with Crippen LogP contribution < -0.4 is 0 Å². The Hall–Kier alpha value is -0.760. The van der Waals surface area contributed by atoms with Crippen molar-refractivity contribution in [2.75, 3.05) is 6.61 Å². The smallest absolute Gasteiger partial charge is 0.0697 e. The zero-order valence-corrected chi connectivity index (χ0v) is 11.6. The minimum absolute atomic E-state index is 0.117. The Balaban J connectivity index is 2.23. The highest BCUT2D eigenvalue weighted by molar-refractivity contribution is 5.15. The maximum atomic E-state index is 6.06. The van der Waals surface area contributed by atoms with Crippen molar-refractivity contribution in [1.82, 2.24) is 4.57 Å². The van der Waals surface area contributed by atoms with Gasteiger partial charge in [0.05, 0.1) is 5.60 Å². The molecule has 1 saturated heterocycles. The SMILES string of the molecule is CCC1(CC)CC(n2c(C)ccc2C)CCO1. The lowest BCUT2D eigenvalue weighted by Gasteiger charge is -2.41. The van der Waals surface area contributed by atoms with Crippen LogP contribution in [-0.4, -0.2) is 16.8 Å². The molecule has 0 radical (unpaired) electrons. The average molecular weight is 235 g/mol. The molecule has 1 unspecified atom stereocenters. The first-order chi connectivity index (χ1) is 8.12. The fraction of sp³-hybridized carbons (Fsp3) is 0.733. The Morgan fingerprint density at radius 1 is 1.24 bits per heavy atom. The largest absolute Gasteiger partial charge is 0.375 e. The number of hydrogen-bond donors (Lipinski definition) is 0. The van der Waals surface area contributed by atoms with Gasteiger partial charge in [-0.25, -0.2) is 0 Å². The van der Waals surface area contributed by atoms with E-state index in [1.165, 1.54) is 11.4 Å². The van der Waals surface area contributed by atoms with E-state index in [1.54, 1.807) is 0 Å². The maximum Gasteiger partial charge on any atom is 0.0697 e. The van der Waals surface area contributed by atoms with Gasteiger partial charge in [0, 0.05) is 24.0 Å². The van der Waals surface area contributed by atoms with Gasteiger partial charge in [-0.3, -0.25) is 0 Å². The molecule has 0 aromatic carbocycles. The predicted octanol–water partition coefficient (Wildman–Crippen LogP) is 4.02. The minimum atomic E-state index is 0.117. The van der Waals surface area contributed by atoms with Crippen LogP contribution in [0.3, 0.4) is 0 Å². The molecular weight excluding hydrogens is 210 g/mol. The number of hydrogen-bond acceptors (Lipinski definition) is 1. The van der Waals surface area contributed by atoms with Gasteiger partial charge >= 0.3 is 0 Å². The Morgan fingerprint density at radius 3 is 2.35 bits per heavy atom. The van der Waals surface area contributed by atoms with Crippen LogP contribution in [0.1, 0.15) is 57.0 Å². The third-order valence-electron chi connectivity index (χ3n) is 4.45. The molecule has 2 heteroatoms. The fourth-order valence-corrected chi connectivity index (χ4v) is 3.22. The Kier molecular flexibility index (Phi) is 3.62. The first-order valence-electron chi connectivity index (χ1n) is 6.90. The molecule has 1 aliphatic heterocycles. The molecule has 0 N–H and O–H groups in total. The van der Waals surface area contributed by atoms with Crippen molar-refractivity contribution >= 4 is 0 Å². The van der Waals surface area contributed by atoms with E-state index in [0.29, 0.717) is 6.04 Å². The van der Waals surface area contributed by atoms with Crippen molar-refractivity contribution in [2.45, 2.75) is 65.0 Å². The summed E-state index contributed by atoms with van der Waals surface area (Å²) in [4.78, 5) is 0. The first-order valence-corrected chi connectivity index (χ1v) is 6.90. The van der Waals surface area contributed by atoms with E-state index < -0.39 is 0 Å². The summed E-state index contributed by atoms with van der Waals surface area (Å²) >= 11 is 0. The molecule has 2 heterocycles. The molecule has 2 rings (SSSR count). The number of rotatable bonds is 3. The summed E-state index contributed by atoms with van der Waals surface area (Å²) in [7, 11) is 0. The van der Waals surface area contributed by atoms with Crippen molar-refractivity contribution < 1.29 is 4.74 Å². The monoisotopic (exact) mass is 235 g/mol. The van der Waals surface area contributed by atoms with Crippen LogP contribution in [0.15, 0.2) is 12.1 Å². The fourth-order valence-electron chi connectivity index (χ4n) is 3.22. The molecule has 0 aliphatic carbocycles. The van der Waals surface area contributed by atoms with Crippen molar-refractivity contribution in [3.05, 3.63) is 23.5 Å². The summed E-state index contributed by atoms with van der Waals surface area (Å²) < 4.78 is 8.56. The van der Waals surface area contributed by atoms with Crippen LogP contribution in [0.25, 0.3) is 0 Å². The van der Waals surface area contributed by atoms with Gasteiger partial charge in [-0.2, -0.15) is 0 Å². The molecule has 0 spiro atoms. The van der Waals surface area contributed by atoms with Gasteiger partial charge in [0.2, 0.25) is 0 Å². The second kappa shape index (κ2) is 4.85. The highest BCUT2D eigenvalue weighted by Crippen LogP contribution is 2.38. The van der Waals surface area contributed by atoms with E-state index in [2.05, 4.69) is 44.4 Å². The van der Waals surface area contributed by atoms with Crippen LogP contribution >= 0.6 is 0 Å². The molecule has 2 nitrogen and oxygen atoms in total. The summed E-state index contributed by atoms with van der Waals surface area (Å²) in [6, 6.07) is 5.08. The third-order valence-corrected chi connectivity index (χ3v) is 4.45. The van der Waals surface area contributed by atoms with Gasteiger partial charge in [-0.05, 0) is 51.7 Å². The van der Waals surface area contributed by atoms with E-state index in [1.807, 2.05) is 0 Å². The second-order valence-electron chi connectivity index (χ2n) is 5.37. The Morgan fingerprint density at radius 2 is 1.82 bits per heavy atom. The Labute approximate surface area is 105 Å². The normalized spacial score (nSPS) is 23.9. The number of nitrogens with zero attached hydrogens (tertiary/aromatic N) is 1. The quantitative estimate of drug-likeness (QED) is 0.772. The lowest BCUT2D eigenvalue weighted by Crippen LogP contribution is -2.39. The summed E-state index contributed by atoms with van der Waals surface area (Å²) in [5.41, 5.74) is 2.89. The molecule has 17 heavy (non-hydrogen) atoms. The highest BCUT2D eigenvalue weighted by Gasteiger charge is 2.35. The van der Waals surface area contributed by atoms with E-state index in [9.17, 15) is 0 Å². The minimum Gasteiger partial charge on any atom is -0.375 e. The van der Waals surface area contributed by atoms with Gasteiger partial charge in [0.15, 0.2) is 0 Å². The standard InChI is InChI=1S/C15H25NO/c1-5-15(6-2)11-14(9-10-17-15)16-12(3)7-8-13(16)4/h7-8,14H,5-6,9-11H2,1-4H3. The third kappa shape index (κ3) is 2.28. The molecule has 1 atom stereocenters. The van der Waals surface area contributed by atoms with Gasteiger partial charge in [-0.15, -0.1) is 0 Å². The van der Waals surface area contributed by atoms with Gasteiger partial charge in [0.1, 0.15) is 0 Å². The maximum absolute atomic E-state index is 6.06. The lowest BCUT2D eigenvalue weighted by atomic mass is 9.85. The van der Waals surface area contributed by atoms with Crippen molar-refractivity contribution in [2.24, 2.45) is 0 Å². The number of aryl methyl sites for hydroxylation is 2. The first kappa shape index (κ1) is 12.7. The molecule has 1 fully saturated rings.